The second-order valence-corrected chi connectivity index (χ2v) is 5.45. The topological polar surface area (TPSA) is 122 Å². The summed E-state index contributed by atoms with van der Waals surface area (Å²) in [4.78, 5) is 32.4. The summed E-state index contributed by atoms with van der Waals surface area (Å²) < 4.78 is 11.0. The van der Waals surface area contributed by atoms with E-state index in [-0.39, 0.29) is 12.1 Å². The molecule has 2 rings (SSSR count). The molecule has 0 aliphatic carbocycles. The van der Waals surface area contributed by atoms with Crippen LogP contribution in [0.4, 0.5) is 5.69 Å². The summed E-state index contributed by atoms with van der Waals surface area (Å²) in [6, 6.07) is 5.51. The lowest BCUT2D eigenvalue weighted by Crippen LogP contribution is -2.08. The molecular weight excluding hydrogens is 263 g/mol. The van der Waals surface area contributed by atoms with Gasteiger partial charge in [-0.1, -0.05) is 5.16 Å². The molecule has 1 aromatic rings. The monoisotopic (exact) mass is 272 g/mol. The van der Waals surface area contributed by atoms with Crippen molar-refractivity contribution in [3.63, 3.8) is 0 Å². The van der Waals surface area contributed by atoms with Crippen molar-refractivity contribution in [2.75, 3.05) is 0 Å². The molecule has 0 spiro atoms. The first-order valence-corrected chi connectivity index (χ1v) is 6.59. The molecule has 1 aliphatic rings. The molecule has 1 atom stereocenters. The van der Waals surface area contributed by atoms with Crippen LogP contribution in [-0.2, 0) is 9.40 Å². The number of rotatable bonds is 3. The van der Waals surface area contributed by atoms with Crippen molar-refractivity contribution in [1.82, 2.24) is 0 Å². The quantitative estimate of drug-likeness (QED) is 0.484. The van der Waals surface area contributed by atoms with Crippen LogP contribution in [-0.4, -0.2) is 26.3 Å². The standard InChI is InChI=1S/C9H9N2O6P/c12-11(13)7-3-1-6(2-4-7)8-5-9(17-10-8)18(14,15)16/h1-4,9H,5H2,(H2,14,15,16). The summed E-state index contributed by atoms with van der Waals surface area (Å²) in [5.41, 5.74) is 0.833. The number of non-ortho nitro benzene ring substituents is 1. The third-order valence-corrected chi connectivity index (χ3v) is 3.47. The van der Waals surface area contributed by atoms with Crippen LogP contribution in [0.5, 0.6) is 0 Å². The molecule has 1 aromatic carbocycles. The number of nitrogens with zero attached hydrogens (tertiary/aromatic N) is 2. The van der Waals surface area contributed by atoms with Gasteiger partial charge < -0.3 is 14.6 Å². The Morgan fingerprint density at radius 1 is 1.39 bits per heavy atom. The van der Waals surface area contributed by atoms with Gasteiger partial charge in [-0.25, -0.2) is 0 Å². The van der Waals surface area contributed by atoms with E-state index in [9.17, 15) is 14.7 Å². The normalized spacial score (nSPS) is 19.2. The van der Waals surface area contributed by atoms with E-state index in [0.29, 0.717) is 11.3 Å². The van der Waals surface area contributed by atoms with Crippen LogP contribution in [0.1, 0.15) is 12.0 Å². The second kappa shape index (κ2) is 4.49. The Hall–Kier alpha value is -1.76. The van der Waals surface area contributed by atoms with Gasteiger partial charge in [-0.2, -0.15) is 0 Å². The highest BCUT2D eigenvalue weighted by Gasteiger charge is 2.36. The molecule has 0 saturated heterocycles. The predicted molar refractivity (Wildman–Crippen MR) is 61.2 cm³/mol. The number of benzene rings is 1. The van der Waals surface area contributed by atoms with Gasteiger partial charge >= 0.3 is 7.60 Å². The third-order valence-electron chi connectivity index (χ3n) is 2.44. The number of oxime groups is 1. The van der Waals surface area contributed by atoms with Crippen molar-refractivity contribution in [2.24, 2.45) is 5.16 Å². The summed E-state index contributed by atoms with van der Waals surface area (Å²) in [6.45, 7) is 0. The molecule has 8 nitrogen and oxygen atoms in total. The minimum atomic E-state index is -4.34. The van der Waals surface area contributed by atoms with Crippen LogP contribution in [0.2, 0.25) is 0 Å². The Labute approximate surface area is 101 Å². The Bertz CT molecular complexity index is 549. The number of hydrogen-bond donors (Lipinski definition) is 2. The van der Waals surface area contributed by atoms with E-state index in [4.69, 9.17) is 9.79 Å². The average molecular weight is 272 g/mol. The molecular formula is C9H9N2O6P. The fourth-order valence-corrected chi connectivity index (χ4v) is 2.07. The molecule has 1 unspecified atom stereocenters. The zero-order chi connectivity index (χ0) is 13.3. The molecule has 0 radical (unpaired) electrons. The van der Waals surface area contributed by atoms with Crippen LogP contribution in [0.3, 0.4) is 0 Å². The first-order chi connectivity index (χ1) is 8.38. The van der Waals surface area contributed by atoms with E-state index in [1.54, 1.807) is 0 Å². The SMILES string of the molecule is O=[N+]([O-])c1ccc(C2=NOC(P(=O)(O)O)C2)cc1. The van der Waals surface area contributed by atoms with Crippen LogP contribution in [0, 0.1) is 10.1 Å². The van der Waals surface area contributed by atoms with Gasteiger partial charge in [0, 0.05) is 18.6 Å². The van der Waals surface area contributed by atoms with E-state index >= 15 is 0 Å². The highest BCUT2D eigenvalue weighted by molar-refractivity contribution is 7.52. The van der Waals surface area contributed by atoms with E-state index in [2.05, 4.69) is 9.99 Å². The van der Waals surface area contributed by atoms with Crippen LogP contribution in [0.25, 0.3) is 0 Å². The van der Waals surface area contributed by atoms with Gasteiger partial charge in [0.15, 0.2) is 0 Å². The van der Waals surface area contributed by atoms with Crippen molar-refractivity contribution in [1.29, 1.82) is 0 Å². The molecule has 1 heterocycles. The fraction of sp³-hybridized carbons (Fsp3) is 0.222. The molecule has 1 aliphatic heterocycles. The Balaban J connectivity index is 2.15. The zero-order valence-corrected chi connectivity index (χ0v) is 9.86. The maximum absolute atomic E-state index is 11.0. The van der Waals surface area contributed by atoms with Crippen molar-refractivity contribution < 1.29 is 24.1 Å². The molecule has 0 fully saturated rings. The van der Waals surface area contributed by atoms with E-state index < -0.39 is 18.4 Å². The van der Waals surface area contributed by atoms with E-state index in [1.807, 2.05) is 0 Å². The Kier molecular flexibility index (Phi) is 3.16. The molecule has 0 amide bonds. The largest absolute Gasteiger partial charge is 0.379 e. The predicted octanol–water partition coefficient (Wildman–Crippen LogP) is 1.22. The van der Waals surface area contributed by atoms with Gasteiger partial charge in [0.2, 0.25) is 5.85 Å². The van der Waals surface area contributed by atoms with Gasteiger partial charge in [0.1, 0.15) is 0 Å². The molecule has 9 heteroatoms. The van der Waals surface area contributed by atoms with Crippen molar-refractivity contribution >= 4 is 19.0 Å². The molecule has 18 heavy (non-hydrogen) atoms. The fourth-order valence-electron chi connectivity index (χ4n) is 1.49. The minimum absolute atomic E-state index is 0.0257. The summed E-state index contributed by atoms with van der Waals surface area (Å²) in [5, 5.41) is 14.0. The maximum atomic E-state index is 11.0. The summed E-state index contributed by atoms with van der Waals surface area (Å²) >= 11 is 0. The van der Waals surface area contributed by atoms with Crippen LogP contribution < -0.4 is 0 Å². The van der Waals surface area contributed by atoms with Crippen molar-refractivity contribution in [3.05, 3.63) is 39.9 Å². The highest BCUT2D eigenvalue weighted by Crippen LogP contribution is 2.46. The van der Waals surface area contributed by atoms with Gasteiger partial charge in [-0.05, 0) is 17.7 Å². The first-order valence-electron chi connectivity index (χ1n) is 4.90. The third kappa shape index (κ3) is 2.56. The van der Waals surface area contributed by atoms with E-state index in [1.165, 1.54) is 24.3 Å². The molecule has 0 saturated carbocycles. The van der Waals surface area contributed by atoms with Crippen molar-refractivity contribution in [3.8, 4) is 0 Å². The lowest BCUT2D eigenvalue weighted by atomic mass is 10.1. The van der Waals surface area contributed by atoms with Gasteiger partial charge in [0.05, 0.1) is 10.6 Å². The maximum Gasteiger partial charge on any atom is 0.368 e. The number of nitro groups is 1. The average Bonchev–Trinajstić information content (AvgIpc) is 2.78. The number of nitro benzene ring substituents is 1. The first kappa shape index (κ1) is 12.7. The molecule has 96 valence electrons. The second-order valence-electron chi connectivity index (χ2n) is 3.70. The highest BCUT2D eigenvalue weighted by atomic mass is 31.2. The van der Waals surface area contributed by atoms with Gasteiger partial charge in [-0.3, -0.25) is 14.7 Å². The van der Waals surface area contributed by atoms with Crippen LogP contribution >= 0.6 is 7.60 Å². The summed E-state index contributed by atoms with van der Waals surface area (Å²) in [7, 11) is -4.34. The summed E-state index contributed by atoms with van der Waals surface area (Å²) in [5.74, 6) is -1.28. The zero-order valence-electron chi connectivity index (χ0n) is 8.96. The Morgan fingerprint density at radius 3 is 2.44 bits per heavy atom. The van der Waals surface area contributed by atoms with Crippen molar-refractivity contribution in [2.45, 2.75) is 12.3 Å². The van der Waals surface area contributed by atoms with E-state index in [0.717, 1.165) is 0 Å². The Morgan fingerprint density at radius 2 is 2.00 bits per heavy atom. The van der Waals surface area contributed by atoms with Gasteiger partial charge in [0.25, 0.3) is 5.69 Å². The van der Waals surface area contributed by atoms with Crippen LogP contribution in [0.15, 0.2) is 29.4 Å². The van der Waals surface area contributed by atoms with Gasteiger partial charge in [-0.15, -0.1) is 0 Å². The number of hydrogen-bond acceptors (Lipinski definition) is 5. The smallest absolute Gasteiger partial charge is 0.368 e. The molecule has 2 N–H and O–H groups in total. The minimum Gasteiger partial charge on any atom is -0.379 e. The lowest BCUT2D eigenvalue weighted by molar-refractivity contribution is -0.384. The summed E-state index contributed by atoms with van der Waals surface area (Å²) in [6.07, 6.45) is -0.0257. The lowest BCUT2D eigenvalue weighted by Gasteiger charge is -2.08. The molecule has 0 aromatic heterocycles. The molecule has 0 bridgehead atoms.